The average Bonchev–Trinajstić information content (AvgIpc) is 2.14. The molecule has 0 radical (unpaired) electrons. The van der Waals surface area contributed by atoms with Gasteiger partial charge in [0.1, 0.15) is 0 Å². The first kappa shape index (κ1) is 11.7. The number of alkyl halides is 3. The molecule has 0 atom stereocenters. The third kappa shape index (κ3) is 4.10. The van der Waals surface area contributed by atoms with Crippen molar-refractivity contribution in [3.63, 3.8) is 0 Å². The third-order valence-corrected chi connectivity index (χ3v) is 1.54. The van der Waals surface area contributed by atoms with Crippen molar-refractivity contribution in [1.82, 2.24) is 0 Å². The van der Waals surface area contributed by atoms with E-state index in [0.717, 1.165) is 6.42 Å². The van der Waals surface area contributed by atoms with E-state index in [9.17, 15) is 13.2 Å². The van der Waals surface area contributed by atoms with Gasteiger partial charge in [-0.15, -0.1) is 13.2 Å². The van der Waals surface area contributed by atoms with Crippen molar-refractivity contribution in [2.45, 2.75) is 19.7 Å². The largest absolute Gasteiger partial charge is 0.573 e. The minimum atomic E-state index is -4.69. The molecule has 1 aromatic rings. The Balaban J connectivity index is 2.77. The maximum absolute atomic E-state index is 12.0. The van der Waals surface area contributed by atoms with Crippen LogP contribution in [0.25, 0.3) is 0 Å². The molecular weight excluding hydrogens is 209 g/mol. The molecule has 1 rings (SSSR count). The Bertz CT molecular complexity index is 310. The minimum absolute atomic E-state index is 0.108. The number of hydrogen-bond acceptors (Lipinski definition) is 2. The topological polar surface area (TPSA) is 18.5 Å². The van der Waals surface area contributed by atoms with E-state index in [1.165, 1.54) is 18.2 Å². The van der Waals surface area contributed by atoms with E-state index in [-0.39, 0.29) is 11.5 Å². The first-order valence-corrected chi connectivity index (χ1v) is 4.50. The fraction of sp³-hybridized carbons (Fsp3) is 0.400. The van der Waals surface area contributed by atoms with E-state index < -0.39 is 6.36 Å². The van der Waals surface area contributed by atoms with Crippen LogP contribution in [0, 0.1) is 0 Å². The summed E-state index contributed by atoms with van der Waals surface area (Å²) in [5.74, 6) is -0.199. The second-order valence-electron chi connectivity index (χ2n) is 2.84. The van der Waals surface area contributed by atoms with Crippen molar-refractivity contribution in [3.8, 4) is 11.5 Å². The minimum Gasteiger partial charge on any atom is -0.490 e. The first-order chi connectivity index (χ1) is 7.03. The molecule has 0 saturated heterocycles. The number of para-hydroxylation sites is 2. The molecule has 0 saturated carbocycles. The third-order valence-electron chi connectivity index (χ3n) is 1.54. The van der Waals surface area contributed by atoms with Crippen molar-refractivity contribution >= 4 is 0 Å². The number of halogens is 3. The van der Waals surface area contributed by atoms with Crippen LogP contribution in [-0.2, 0) is 0 Å². The molecule has 0 spiro atoms. The molecule has 0 fully saturated rings. The monoisotopic (exact) mass is 220 g/mol. The van der Waals surface area contributed by atoms with Gasteiger partial charge in [0.2, 0.25) is 0 Å². The van der Waals surface area contributed by atoms with Gasteiger partial charge in [-0.25, -0.2) is 0 Å². The van der Waals surface area contributed by atoms with Gasteiger partial charge < -0.3 is 9.47 Å². The lowest BCUT2D eigenvalue weighted by Gasteiger charge is -2.13. The lowest BCUT2D eigenvalue weighted by Crippen LogP contribution is -2.17. The van der Waals surface area contributed by atoms with Gasteiger partial charge in [-0.05, 0) is 18.6 Å². The van der Waals surface area contributed by atoms with Gasteiger partial charge in [-0.1, -0.05) is 19.1 Å². The van der Waals surface area contributed by atoms with Gasteiger partial charge in [0.15, 0.2) is 11.5 Å². The fourth-order valence-corrected chi connectivity index (χ4v) is 0.990. The van der Waals surface area contributed by atoms with E-state index in [1.54, 1.807) is 6.07 Å². The van der Waals surface area contributed by atoms with Gasteiger partial charge >= 0.3 is 6.36 Å². The van der Waals surface area contributed by atoms with Crippen LogP contribution in [0.15, 0.2) is 24.3 Å². The van der Waals surface area contributed by atoms with Gasteiger partial charge in [-0.3, -0.25) is 0 Å². The molecule has 0 unspecified atom stereocenters. The van der Waals surface area contributed by atoms with Crippen LogP contribution in [0.2, 0.25) is 0 Å². The van der Waals surface area contributed by atoms with Crippen molar-refractivity contribution in [2.75, 3.05) is 6.61 Å². The zero-order valence-corrected chi connectivity index (χ0v) is 8.17. The van der Waals surface area contributed by atoms with Crippen molar-refractivity contribution in [1.29, 1.82) is 0 Å². The number of hydrogen-bond donors (Lipinski definition) is 0. The molecule has 0 aliphatic heterocycles. The maximum Gasteiger partial charge on any atom is 0.573 e. The van der Waals surface area contributed by atoms with Crippen LogP contribution < -0.4 is 9.47 Å². The summed E-state index contributed by atoms with van der Waals surface area (Å²) in [6.07, 6.45) is -3.97. The zero-order valence-electron chi connectivity index (χ0n) is 8.17. The Morgan fingerprint density at radius 3 is 2.27 bits per heavy atom. The number of ether oxygens (including phenoxy) is 2. The molecule has 1 aromatic carbocycles. The average molecular weight is 220 g/mol. The van der Waals surface area contributed by atoms with Crippen LogP contribution in [-0.4, -0.2) is 13.0 Å². The molecule has 0 heterocycles. The van der Waals surface area contributed by atoms with Crippen LogP contribution in [0.3, 0.4) is 0 Å². The standard InChI is InChI=1S/C10H11F3O2/c1-2-7-14-8-5-3-4-6-9(8)15-10(11,12)13/h3-6H,2,7H2,1H3. The van der Waals surface area contributed by atoms with Crippen LogP contribution in [0.5, 0.6) is 11.5 Å². The van der Waals surface area contributed by atoms with E-state index in [0.29, 0.717) is 6.61 Å². The lowest BCUT2D eigenvalue weighted by atomic mass is 10.3. The molecule has 0 N–H and O–H groups in total. The molecule has 2 nitrogen and oxygen atoms in total. The van der Waals surface area contributed by atoms with Crippen molar-refractivity contribution in [3.05, 3.63) is 24.3 Å². The summed E-state index contributed by atoms with van der Waals surface area (Å²) < 4.78 is 44.8. The van der Waals surface area contributed by atoms with Crippen LogP contribution in [0.1, 0.15) is 13.3 Å². The predicted octanol–water partition coefficient (Wildman–Crippen LogP) is 3.37. The number of benzene rings is 1. The summed E-state index contributed by atoms with van der Waals surface area (Å²) in [6, 6.07) is 5.71. The first-order valence-electron chi connectivity index (χ1n) is 4.50. The summed E-state index contributed by atoms with van der Waals surface area (Å²) in [7, 11) is 0. The normalized spacial score (nSPS) is 11.2. The van der Waals surface area contributed by atoms with Gasteiger partial charge in [0, 0.05) is 0 Å². The Labute approximate surface area is 85.6 Å². The van der Waals surface area contributed by atoms with E-state index >= 15 is 0 Å². The lowest BCUT2D eigenvalue weighted by molar-refractivity contribution is -0.275. The van der Waals surface area contributed by atoms with Gasteiger partial charge in [0.25, 0.3) is 0 Å². The smallest absolute Gasteiger partial charge is 0.490 e. The highest BCUT2D eigenvalue weighted by Crippen LogP contribution is 2.31. The molecule has 15 heavy (non-hydrogen) atoms. The van der Waals surface area contributed by atoms with Gasteiger partial charge in [-0.2, -0.15) is 0 Å². The highest BCUT2D eigenvalue weighted by atomic mass is 19.4. The molecule has 0 amide bonds. The second kappa shape index (κ2) is 4.91. The zero-order chi connectivity index (χ0) is 11.3. The van der Waals surface area contributed by atoms with Gasteiger partial charge in [0.05, 0.1) is 6.61 Å². The molecule has 5 heteroatoms. The van der Waals surface area contributed by atoms with Crippen molar-refractivity contribution in [2.24, 2.45) is 0 Å². The summed E-state index contributed by atoms with van der Waals surface area (Å²) in [5, 5.41) is 0. The SMILES string of the molecule is CCCOc1ccccc1OC(F)(F)F. The van der Waals surface area contributed by atoms with E-state index in [2.05, 4.69) is 4.74 Å². The highest BCUT2D eigenvalue weighted by Gasteiger charge is 2.32. The fourth-order valence-electron chi connectivity index (χ4n) is 0.990. The number of rotatable bonds is 4. The van der Waals surface area contributed by atoms with E-state index in [1.807, 2.05) is 6.92 Å². The van der Waals surface area contributed by atoms with Crippen LogP contribution in [0.4, 0.5) is 13.2 Å². The molecule has 0 aliphatic rings. The molecule has 84 valence electrons. The summed E-state index contributed by atoms with van der Waals surface area (Å²) in [4.78, 5) is 0. The summed E-state index contributed by atoms with van der Waals surface area (Å²) >= 11 is 0. The van der Waals surface area contributed by atoms with Crippen LogP contribution >= 0.6 is 0 Å². The maximum atomic E-state index is 12.0. The Morgan fingerprint density at radius 1 is 1.13 bits per heavy atom. The molecule has 0 bridgehead atoms. The van der Waals surface area contributed by atoms with E-state index in [4.69, 9.17) is 4.74 Å². The summed E-state index contributed by atoms with van der Waals surface area (Å²) in [5.41, 5.74) is 0. The van der Waals surface area contributed by atoms with Crippen molar-refractivity contribution < 1.29 is 22.6 Å². The Kier molecular flexibility index (Phi) is 3.82. The Morgan fingerprint density at radius 2 is 1.73 bits per heavy atom. The highest BCUT2D eigenvalue weighted by molar-refractivity contribution is 5.39. The molecule has 0 aromatic heterocycles. The summed E-state index contributed by atoms with van der Waals surface area (Å²) in [6.45, 7) is 2.23. The second-order valence-corrected chi connectivity index (χ2v) is 2.84. The predicted molar refractivity (Wildman–Crippen MR) is 48.9 cm³/mol. The quantitative estimate of drug-likeness (QED) is 0.774. The molecular formula is C10H11F3O2. The Hall–Kier alpha value is -1.39. The molecule has 0 aliphatic carbocycles.